The maximum Gasteiger partial charge on any atom is 0.331 e. The minimum absolute atomic E-state index is 0.0626. The third-order valence-electron chi connectivity index (χ3n) is 11.0. The molecular weight excluding hydrogens is 548 g/mol. The molecule has 6 aliphatic rings. The van der Waals surface area contributed by atoms with Gasteiger partial charge in [-0.3, -0.25) is 9.69 Å². The highest BCUT2D eigenvalue weighted by atomic mass is 16.6. The van der Waals surface area contributed by atoms with Crippen LogP contribution in [0.3, 0.4) is 0 Å². The Morgan fingerprint density at radius 2 is 1.74 bits per heavy atom. The van der Waals surface area contributed by atoms with Crippen molar-refractivity contribution in [2.45, 2.75) is 49.4 Å². The first-order valence-corrected chi connectivity index (χ1v) is 14.8. The number of rotatable bonds is 7. The Hall–Kier alpha value is -3.98. The van der Waals surface area contributed by atoms with Crippen LogP contribution < -0.4 is 19.1 Å². The van der Waals surface area contributed by atoms with Crippen molar-refractivity contribution >= 4 is 23.7 Å². The van der Waals surface area contributed by atoms with Crippen molar-refractivity contribution in [3.8, 4) is 17.2 Å². The zero-order chi connectivity index (χ0) is 30.3. The minimum Gasteiger partial charge on any atom is -0.493 e. The number of hydrogen-bond acceptors (Lipinski definition) is 9. The van der Waals surface area contributed by atoms with Crippen LogP contribution in [0.1, 0.15) is 30.9 Å². The van der Waals surface area contributed by atoms with Crippen LogP contribution >= 0.6 is 0 Å². The second kappa shape index (κ2) is 9.77. The van der Waals surface area contributed by atoms with Crippen LogP contribution in [0.15, 0.2) is 54.1 Å². The van der Waals surface area contributed by atoms with Crippen molar-refractivity contribution in [1.82, 2.24) is 4.90 Å². The fourth-order valence-corrected chi connectivity index (χ4v) is 9.66. The van der Waals surface area contributed by atoms with Crippen molar-refractivity contribution in [3.05, 3.63) is 65.3 Å². The van der Waals surface area contributed by atoms with Gasteiger partial charge in [0.25, 0.3) is 0 Å². The highest BCUT2D eigenvalue weighted by molar-refractivity contribution is 5.90. The summed E-state index contributed by atoms with van der Waals surface area (Å²) >= 11 is 0. The number of likely N-dealkylation sites (N-methyl/N-ethyl adjacent to an activating group) is 1. The number of carbonyl (C=O) groups is 2. The summed E-state index contributed by atoms with van der Waals surface area (Å²) in [6.45, 7) is 2.87. The second-order valence-electron chi connectivity index (χ2n) is 12.3. The lowest BCUT2D eigenvalue weighted by atomic mass is 9.58. The van der Waals surface area contributed by atoms with Crippen LogP contribution in [0.2, 0.25) is 0 Å². The van der Waals surface area contributed by atoms with Gasteiger partial charge in [0.1, 0.15) is 11.5 Å². The number of methoxy groups -OCH3 is 4. The lowest BCUT2D eigenvalue weighted by Gasteiger charge is -2.61. The molecule has 0 radical (unpaired) electrons. The maximum atomic E-state index is 14.2. The van der Waals surface area contributed by atoms with E-state index in [1.54, 1.807) is 39.5 Å². The molecular formula is C34H38N2O7. The molecule has 5 fully saturated rings. The van der Waals surface area contributed by atoms with Gasteiger partial charge < -0.3 is 28.6 Å². The van der Waals surface area contributed by atoms with E-state index in [0.29, 0.717) is 22.8 Å². The number of nitrogens with zero attached hydrogens (tertiary/aromatic N) is 2. The van der Waals surface area contributed by atoms with Crippen molar-refractivity contribution in [2.24, 2.45) is 11.3 Å². The van der Waals surface area contributed by atoms with Gasteiger partial charge >= 0.3 is 11.9 Å². The number of allylic oxidation sites excluding steroid dienone is 1. The Balaban J connectivity index is 1.35. The molecule has 1 saturated carbocycles. The van der Waals surface area contributed by atoms with Crippen molar-refractivity contribution in [3.63, 3.8) is 0 Å². The number of hydrogen-bond donors (Lipinski definition) is 0. The van der Waals surface area contributed by atoms with E-state index in [2.05, 4.69) is 41.1 Å². The zero-order valence-electron chi connectivity index (χ0n) is 25.5. The molecule has 2 aromatic carbocycles. The molecule has 8 atom stereocenters. The van der Waals surface area contributed by atoms with E-state index >= 15 is 0 Å². The molecule has 1 spiro atoms. The summed E-state index contributed by atoms with van der Waals surface area (Å²) in [5.74, 6) is 0.576. The number of ether oxygens (including phenoxy) is 5. The van der Waals surface area contributed by atoms with Crippen LogP contribution in [-0.4, -0.2) is 83.1 Å². The minimum atomic E-state index is -1.01. The van der Waals surface area contributed by atoms with Crippen molar-refractivity contribution < 1.29 is 33.3 Å². The van der Waals surface area contributed by atoms with Gasteiger partial charge in [-0.25, -0.2) is 4.79 Å². The topological polar surface area (TPSA) is 86.8 Å². The fourth-order valence-electron chi connectivity index (χ4n) is 9.66. The van der Waals surface area contributed by atoms with Crippen LogP contribution in [0.4, 0.5) is 5.69 Å². The molecule has 6 bridgehead atoms. The number of fused-ring (bicyclic) bond motifs is 2. The first-order valence-electron chi connectivity index (χ1n) is 14.8. The molecule has 8 unspecified atom stereocenters. The standard InChI is InChI=1S/C34H38N2O7/c1-7-20-18-36-24-16-22(20)34(32(38)42-6)27(36)17-33(21-10-8-9-11-23(21)35(2)30(24)33)31(34)43-28(37)13-12-19-14-25(39-3)29(41-5)26(15-19)40-4/h7-15,22,24,27,30-31H,16-18H2,1-6H3. The SMILES string of the molecule is CC=C1CN2C3CC1C1(C(=O)OC)C2CC2(c4ccccc4N(C)C32)C1OC(=O)C=Cc1cc(OC)c(OC)c(OC)c1. The summed E-state index contributed by atoms with van der Waals surface area (Å²) < 4.78 is 28.7. The average Bonchev–Trinajstić information content (AvgIpc) is 3.43. The molecule has 2 aromatic rings. The average molecular weight is 587 g/mol. The number of benzene rings is 2. The van der Waals surface area contributed by atoms with Gasteiger partial charge in [-0.1, -0.05) is 29.8 Å². The number of esters is 2. The molecule has 0 amide bonds. The highest BCUT2D eigenvalue weighted by Crippen LogP contribution is 2.73. The summed E-state index contributed by atoms with van der Waals surface area (Å²) in [6, 6.07) is 12.2. The van der Waals surface area contributed by atoms with Crippen LogP contribution in [0.25, 0.3) is 6.08 Å². The van der Waals surface area contributed by atoms with Gasteiger partial charge in [0.15, 0.2) is 11.5 Å². The number of carbonyl (C=O) groups excluding carboxylic acids is 2. The normalized spacial score (nSPS) is 35.2. The van der Waals surface area contributed by atoms with Gasteiger partial charge in [-0.2, -0.15) is 0 Å². The number of anilines is 1. The predicted molar refractivity (Wildman–Crippen MR) is 161 cm³/mol. The molecule has 226 valence electrons. The summed E-state index contributed by atoms with van der Waals surface area (Å²) in [4.78, 5) is 32.9. The molecule has 8 rings (SSSR count). The fraction of sp³-hybridized carbons (Fsp3) is 0.471. The van der Waals surface area contributed by atoms with E-state index in [1.807, 2.05) is 13.0 Å². The van der Waals surface area contributed by atoms with Crippen LogP contribution in [0.5, 0.6) is 17.2 Å². The van der Waals surface area contributed by atoms with E-state index in [-0.39, 0.29) is 30.0 Å². The molecule has 5 aliphatic heterocycles. The lowest BCUT2D eigenvalue weighted by molar-refractivity contribution is -0.186. The monoisotopic (exact) mass is 586 g/mol. The van der Waals surface area contributed by atoms with E-state index in [1.165, 1.54) is 18.8 Å². The van der Waals surface area contributed by atoms with Crippen molar-refractivity contribution in [2.75, 3.05) is 46.9 Å². The van der Waals surface area contributed by atoms with Gasteiger partial charge in [-0.05, 0) is 55.2 Å². The Morgan fingerprint density at radius 3 is 2.40 bits per heavy atom. The third kappa shape index (κ3) is 3.37. The zero-order valence-corrected chi connectivity index (χ0v) is 25.5. The van der Waals surface area contributed by atoms with Crippen molar-refractivity contribution in [1.29, 1.82) is 0 Å². The molecule has 5 heterocycles. The third-order valence-corrected chi connectivity index (χ3v) is 11.0. The summed E-state index contributed by atoms with van der Waals surface area (Å²) in [5, 5.41) is 0. The summed E-state index contributed by atoms with van der Waals surface area (Å²) in [7, 11) is 8.24. The van der Waals surface area contributed by atoms with Gasteiger partial charge in [0.2, 0.25) is 5.75 Å². The molecule has 0 aromatic heterocycles. The number of para-hydroxylation sites is 1. The smallest absolute Gasteiger partial charge is 0.331 e. The van der Waals surface area contributed by atoms with E-state index in [0.717, 1.165) is 30.6 Å². The molecule has 4 saturated heterocycles. The van der Waals surface area contributed by atoms with Gasteiger partial charge in [0.05, 0.1) is 39.9 Å². The predicted octanol–water partition coefficient (Wildman–Crippen LogP) is 3.99. The molecule has 9 heteroatoms. The summed E-state index contributed by atoms with van der Waals surface area (Å²) in [6.07, 6.45) is 6.08. The van der Waals surface area contributed by atoms with Crippen LogP contribution in [-0.2, 0) is 24.5 Å². The molecule has 43 heavy (non-hydrogen) atoms. The summed E-state index contributed by atoms with van der Waals surface area (Å²) in [5.41, 5.74) is 2.65. The molecule has 9 nitrogen and oxygen atoms in total. The number of piperidine rings is 4. The molecule has 0 N–H and O–H groups in total. The van der Waals surface area contributed by atoms with Gasteiger partial charge in [0, 0.05) is 43.4 Å². The maximum absolute atomic E-state index is 14.2. The second-order valence-corrected chi connectivity index (χ2v) is 12.3. The Morgan fingerprint density at radius 1 is 1.02 bits per heavy atom. The first-order chi connectivity index (χ1) is 20.8. The lowest BCUT2D eigenvalue weighted by Crippen LogP contribution is -2.71. The first kappa shape index (κ1) is 27.8. The van der Waals surface area contributed by atoms with E-state index in [4.69, 9.17) is 23.7 Å². The van der Waals surface area contributed by atoms with E-state index in [9.17, 15) is 9.59 Å². The quantitative estimate of drug-likeness (QED) is 0.272. The Kier molecular flexibility index (Phi) is 6.32. The largest absolute Gasteiger partial charge is 0.493 e. The van der Waals surface area contributed by atoms with E-state index < -0.39 is 22.9 Å². The Labute approximate surface area is 252 Å². The van der Waals surface area contributed by atoms with Crippen LogP contribution in [0, 0.1) is 11.3 Å². The van der Waals surface area contributed by atoms with Gasteiger partial charge in [-0.15, -0.1) is 0 Å². The molecule has 1 aliphatic carbocycles. The Bertz CT molecular complexity index is 1540. The highest BCUT2D eigenvalue weighted by Gasteiger charge is 2.84.